The van der Waals surface area contributed by atoms with Gasteiger partial charge in [0, 0.05) is 16.1 Å². The molecule has 0 unspecified atom stereocenters. The van der Waals surface area contributed by atoms with Crippen LogP contribution in [0.1, 0.15) is 22.8 Å². The van der Waals surface area contributed by atoms with Gasteiger partial charge in [-0.15, -0.1) is 11.3 Å². The van der Waals surface area contributed by atoms with Crippen LogP contribution in [0.25, 0.3) is 10.2 Å². The molecule has 0 radical (unpaired) electrons. The van der Waals surface area contributed by atoms with Crippen molar-refractivity contribution in [2.75, 3.05) is 11.9 Å². The standard InChI is InChI=1S/C18H16ClN3O4S/c1-3-26-18(25)12-8-27-16-15(12)17(24)22(9-20-16)7-14(23)21-11-5-4-10(2)13(19)6-11/h4-6,8-9H,3,7H2,1-2H3,(H,21,23). The number of carbonyl (C=O) groups is 2. The summed E-state index contributed by atoms with van der Waals surface area (Å²) < 4.78 is 6.13. The molecule has 0 saturated carbocycles. The summed E-state index contributed by atoms with van der Waals surface area (Å²) in [6.07, 6.45) is 1.29. The molecule has 0 bridgehead atoms. The van der Waals surface area contributed by atoms with Crippen LogP contribution >= 0.6 is 22.9 Å². The second-order valence-corrected chi connectivity index (χ2v) is 7.01. The number of aryl methyl sites for hydroxylation is 1. The smallest absolute Gasteiger partial charge is 0.339 e. The van der Waals surface area contributed by atoms with Gasteiger partial charge in [0.2, 0.25) is 5.91 Å². The van der Waals surface area contributed by atoms with Crippen LogP contribution in [0.2, 0.25) is 5.02 Å². The number of esters is 1. The van der Waals surface area contributed by atoms with E-state index in [0.29, 0.717) is 15.5 Å². The molecule has 0 spiro atoms. The summed E-state index contributed by atoms with van der Waals surface area (Å²) in [4.78, 5) is 41.6. The maximum atomic E-state index is 12.7. The Kier molecular flexibility index (Phi) is 5.57. The van der Waals surface area contributed by atoms with Gasteiger partial charge >= 0.3 is 5.97 Å². The molecule has 3 rings (SSSR count). The van der Waals surface area contributed by atoms with E-state index in [1.165, 1.54) is 23.0 Å². The molecule has 7 nitrogen and oxygen atoms in total. The fraction of sp³-hybridized carbons (Fsp3) is 0.222. The number of fused-ring (bicyclic) bond motifs is 1. The molecule has 0 saturated heterocycles. The normalized spacial score (nSPS) is 10.8. The predicted octanol–water partition coefficient (Wildman–Crippen LogP) is 3.24. The molecule has 2 heterocycles. The molecule has 1 aromatic carbocycles. The number of aromatic nitrogens is 2. The van der Waals surface area contributed by atoms with Gasteiger partial charge in [0.25, 0.3) is 5.56 Å². The van der Waals surface area contributed by atoms with Crippen molar-refractivity contribution < 1.29 is 14.3 Å². The maximum absolute atomic E-state index is 12.7. The summed E-state index contributed by atoms with van der Waals surface area (Å²) >= 11 is 7.22. The van der Waals surface area contributed by atoms with Gasteiger partial charge in [0.1, 0.15) is 11.4 Å². The minimum absolute atomic E-state index is 0.159. The van der Waals surface area contributed by atoms with Crippen LogP contribution < -0.4 is 10.9 Å². The second kappa shape index (κ2) is 7.89. The van der Waals surface area contributed by atoms with E-state index in [2.05, 4.69) is 10.3 Å². The van der Waals surface area contributed by atoms with Crippen LogP contribution in [0, 0.1) is 6.92 Å². The molecule has 0 aliphatic heterocycles. The van der Waals surface area contributed by atoms with Gasteiger partial charge in [-0.1, -0.05) is 17.7 Å². The third kappa shape index (κ3) is 4.01. The Balaban J connectivity index is 1.86. The van der Waals surface area contributed by atoms with E-state index in [4.69, 9.17) is 16.3 Å². The SMILES string of the molecule is CCOC(=O)c1csc2ncn(CC(=O)Nc3ccc(C)c(Cl)c3)c(=O)c12. The first-order valence-electron chi connectivity index (χ1n) is 8.10. The van der Waals surface area contributed by atoms with E-state index >= 15 is 0 Å². The molecule has 1 amide bonds. The lowest BCUT2D eigenvalue weighted by Gasteiger charge is -2.09. The Bertz CT molecular complexity index is 1090. The number of nitrogens with one attached hydrogen (secondary N) is 1. The van der Waals surface area contributed by atoms with Crippen molar-refractivity contribution in [2.24, 2.45) is 0 Å². The van der Waals surface area contributed by atoms with Crippen LogP contribution in [0.15, 0.2) is 34.7 Å². The highest BCUT2D eigenvalue weighted by molar-refractivity contribution is 7.17. The first-order valence-corrected chi connectivity index (χ1v) is 9.36. The van der Waals surface area contributed by atoms with E-state index < -0.39 is 17.4 Å². The van der Waals surface area contributed by atoms with E-state index in [1.54, 1.807) is 25.1 Å². The van der Waals surface area contributed by atoms with Gasteiger partial charge in [-0.2, -0.15) is 0 Å². The molecular weight excluding hydrogens is 390 g/mol. The molecule has 9 heteroatoms. The maximum Gasteiger partial charge on any atom is 0.339 e. The van der Waals surface area contributed by atoms with Crippen molar-refractivity contribution in [3.63, 3.8) is 0 Å². The van der Waals surface area contributed by atoms with Crippen LogP contribution in [0.5, 0.6) is 0 Å². The summed E-state index contributed by atoms with van der Waals surface area (Å²) in [5.74, 6) is -0.995. The topological polar surface area (TPSA) is 90.3 Å². The Labute approximate surface area is 163 Å². The Morgan fingerprint density at radius 3 is 2.85 bits per heavy atom. The van der Waals surface area contributed by atoms with E-state index in [-0.39, 0.29) is 24.1 Å². The lowest BCUT2D eigenvalue weighted by molar-refractivity contribution is -0.116. The molecule has 1 N–H and O–H groups in total. The predicted molar refractivity (Wildman–Crippen MR) is 105 cm³/mol. The molecule has 3 aromatic rings. The van der Waals surface area contributed by atoms with Crippen molar-refractivity contribution >= 4 is 50.7 Å². The zero-order chi connectivity index (χ0) is 19.6. The Morgan fingerprint density at radius 2 is 2.15 bits per heavy atom. The largest absolute Gasteiger partial charge is 0.462 e. The summed E-state index contributed by atoms with van der Waals surface area (Å²) in [5, 5.41) is 4.91. The lowest BCUT2D eigenvalue weighted by Crippen LogP contribution is -2.28. The first kappa shape index (κ1) is 19.1. The monoisotopic (exact) mass is 405 g/mol. The van der Waals surface area contributed by atoms with Gasteiger partial charge in [0.05, 0.1) is 23.9 Å². The molecule has 0 atom stereocenters. The van der Waals surface area contributed by atoms with Crippen molar-refractivity contribution in [3.8, 4) is 0 Å². The molecule has 27 heavy (non-hydrogen) atoms. The fourth-order valence-corrected chi connectivity index (χ4v) is 3.51. The van der Waals surface area contributed by atoms with E-state index in [1.807, 2.05) is 6.92 Å². The molecule has 0 aliphatic carbocycles. The van der Waals surface area contributed by atoms with Gasteiger partial charge in [-0.3, -0.25) is 14.2 Å². The average Bonchev–Trinajstić information content (AvgIpc) is 3.06. The van der Waals surface area contributed by atoms with Gasteiger partial charge < -0.3 is 10.1 Å². The number of amides is 1. The highest BCUT2D eigenvalue weighted by Gasteiger charge is 2.19. The number of hydrogen-bond acceptors (Lipinski definition) is 6. The van der Waals surface area contributed by atoms with Gasteiger partial charge in [-0.05, 0) is 31.5 Å². The number of carbonyl (C=O) groups excluding carboxylic acids is 2. The van der Waals surface area contributed by atoms with E-state index in [0.717, 1.165) is 10.1 Å². The van der Waals surface area contributed by atoms with Gasteiger partial charge in [-0.25, -0.2) is 9.78 Å². The highest BCUT2D eigenvalue weighted by Crippen LogP contribution is 2.22. The Morgan fingerprint density at radius 1 is 1.37 bits per heavy atom. The summed E-state index contributed by atoms with van der Waals surface area (Å²) in [5.41, 5.74) is 1.11. The lowest BCUT2D eigenvalue weighted by atomic mass is 10.2. The second-order valence-electron chi connectivity index (χ2n) is 5.74. The van der Waals surface area contributed by atoms with Crippen molar-refractivity contribution in [1.82, 2.24) is 9.55 Å². The number of thiophene rings is 1. The average molecular weight is 406 g/mol. The van der Waals surface area contributed by atoms with E-state index in [9.17, 15) is 14.4 Å². The minimum atomic E-state index is -0.584. The molecule has 2 aromatic heterocycles. The fourth-order valence-electron chi connectivity index (χ4n) is 2.47. The third-order valence-electron chi connectivity index (χ3n) is 3.83. The quantitative estimate of drug-likeness (QED) is 0.658. The highest BCUT2D eigenvalue weighted by atomic mass is 35.5. The molecule has 0 aliphatic rings. The number of rotatable bonds is 5. The van der Waals surface area contributed by atoms with Crippen LogP contribution in [-0.4, -0.2) is 28.0 Å². The Hall–Kier alpha value is -2.71. The zero-order valence-electron chi connectivity index (χ0n) is 14.6. The van der Waals surface area contributed by atoms with Gasteiger partial charge in [0.15, 0.2) is 0 Å². The third-order valence-corrected chi connectivity index (χ3v) is 5.12. The number of anilines is 1. The minimum Gasteiger partial charge on any atom is -0.462 e. The van der Waals surface area contributed by atoms with Crippen molar-refractivity contribution in [1.29, 1.82) is 0 Å². The molecular formula is C18H16ClN3O4S. The summed E-state index contributed by atoms with van der Waals surface area (Å²) in [6.45, 7) is 3.50. The number of halogens is 1. The number of hydrogen-bond donors (Lipinski definition) is 1. The van der Waals surface area contributed by atoms with Crippen molar-refractivity contribution in [3.05, 3.63) is 56.4 Å². The van der Waals surface area contributed by atoms with Crippen LogP contribution in [-0.2, 0) is 16.1 Å². The molecule has 0 fully saturated rings. The molecule has 140 valence electrons. The van der Waals surface area contributed by atoms with Crippen molar-refractivity contribution in [2.45, 2.75) is 20.4 Å². The summed E-state index contributed by atoms with van der Waals surface area (Å²) in [7, 11) is 0. The zero-order valence-corrected chi connectivity index (χ0v) is 16.2. The van der Waals surface area contributed by atoms with Crippen LogP contribution in [0.3, 0.4) is 0 Å². The summed E-state index contributed by atoms with van der Waals surface area (Å²) in [6, 6.07) is 5.15. The van der Waals surface area contributed by atoms with Crippen LogP contribution in [0.4, 0.5) is 5.69 Å². The number of nitrogens with zero attached hydrogens (tertiary/aromatic N) is 2. The number of ether oxygens (including phenoxy) is 1. The number of benzene rings is 1. The first-order chi connectivity index (χ1) is 12.9.